The van der Waals surface area contributed by atoms with E-state index in [2.05, 4.69) is 0 Å². The molecule has 1 radical (unpaired) electrons. The molecule has 0 unspecified atom stereocenters. The average Bonchev–Trinajstić information content (AvgIpc) is 0.811. The van der Waals surface area contributed by atoms with E-state index in [0.29, 0.717) is 0 Å². The Kier molecular flexibility index (Phi) is 26.4. The Morgan fingerprint density at radius 2 is 1.50 bits per heavy atom. The van der Waals surface area contributed by atoms with Crippen LogP contribution < -0.4 is 51.4 Å². The average molecular weight is 191 g/mol. The Balaban J connectivity index is -0.0000000150. The fourth-order valence-electron chi connectivity index (χ4n) is 0. The molecular weight excluding hydrogens is 188 g/mol. The van der Waals surface area contributed by atoms with Crippen LogP contribution in [0.4, 0.5) is 4.79 Å². The van der Waals surface area contributed by atoms with E-state index < -0.39 is 6.16 Å². The maximum absolute atomic E-state index is 8.56. The molecule has 5 heteroatoms. The molecule has 3 nitrogen and oxygen atoms in total. The number of rotatable bonds is 0. The Morgan fingerprint density at radius 3 is 1.50 bits per heavy atom. The third kappa shape index (κ3) is 37.3. The molecule has 0 aliphatic carbocycles. The predicted molar refractivity (Wildman–Crippen MR) is 11.8 cm³/mol. The first kappa shape index (κ1) is 15.7. The van der Waals surface area contributed by atoms with Crippen LogP contribution in [0.2, 0.25) is 0 Å². The molecule has 0 aliphatic rings. The van der Waals surface area contributed by atoms with Crippen molar-refractivity contribution in [1.29, 1.82) is 0 Å². The summed E-state index contributed by atoms with van der Waals surface area (Å²) in [6.07, 6.45) is -1.83. The summed E-state index contributed by atoms with van der Waals surface area (Å²) in [7, 11) is 0. The molecule has 0 aliphatic heterocycles. The molecule has 0 heterocycles. The van der Waals surface area contributed by atoms with Gasteiger partial charge in [0.2, 0.25) is 0 Å². The Morgan fingerprint density at radius 1 is 1.50 bits per heavy atom. The summed E-state index contributed by atoms with van der Waals surface area (Å²) in [6.45, 7) is 0. The van der Waals surface area contributed by atoms with Gasteiger partial charge in [0.05, 0.1) is 0 Å². The Bertz CT molecular complexity index is 37.9. The van der Waals surface area contributed by atoms with Gasteiger partial charge in [-0.15, -0.1) is 0 Å². The van der Waals surface area contributed by atoms with Crippen LogP contribution >= 0.6 is 0 Å². The smallest absolute Gasteiger partial charge is 1.00 e. The Labute approximate surface area is 104 Å². The first-order valence-corrected chi connectivity index (χ1v) is 0.651. The van der Waals surface area contributed by atoms with Crippen molar-refractivity contribution in [3.05, 3.63) is 0 Å². The van der Waals surface area contributed by atoms with E-state index in [-0.39, 0.29) is 85.5 Å². The van der Waals surface area contributed by atoms with E-state index in [9.17, 15) is 0 Å². The monoisotopic (exact) mass is 191 g/mol. The van der Waals surface area contributed by atoms with Gasteiger partial charge >= 0.3 is 57.5 Å². The zero-order valence-electron chi connectivity index (χ0n) is 4.38. The third-order valence-electron chi connectivity index (χ3n) is 0. The van der Waals surface area contributed by atoms with Crippen molar-refractivity contribution in [2.24, 2.45) is 0 Å². The van der Waals surface area contributed by atoms with Crippen LogP contribution in [0.3, 0.4) is 0 Å². The van der Waals surface area contributed by atoms with Gasteiger partial charge in [0.25, 0.3) is 0 Å². The summed E-state index contributed by atoms with van der Waals surface area (Å²) in [6, 6.07) is 0. The zero-order valence-corrected chi connectivity index (χ0v) is 9.34. The molecule has 0 saturated heterocycles. The van der Waals surface area contributed by atoms with Crippen molar-refractivity contribution in [2.45, 2.75) is 0 Å². The molecule has 0 aromatic heterocycles. The van der Waals surface area contributed by atoms with Crippen LogP contribution in [0.25, 0.3) is 0 Å². The molecule has 0 atom stereocenters. The van der Waals surface area contributed by atoms with Gasteiger partial charge in [-0.1, -0.05) is 0 Å². The first-order valence-electron chi connectivity index (χ1n) is 0.651. The van der Waals surface area contributed by atoms with Gasteiger partial charge in [-0.25, -0.2) is 4.79 Å². The number of hydrogen-bond donors (Lipinski definition) is 2. The van der Waals surface area contributed by atoms with Crippen molar-refractivity contribution in [1.82, 2.24) is 0 Å². The summed E-state index contributed by atoms with van der Waals surface area (Å²) in [5, 5.41) is 13.9. The molecular formula is CH3KO3Y. The SMILES string of the molecule is O=C(O)O.[H-].[K+].[Y]. The van der Waals surface area contributed by atoms with Crippen molar-refractivity contribution >= 4 is 6.16 Å². The van der Waals surface area contributed by atoms with Crippen molar-refractivity contribution in [3.8, 4) is 0 Å². The van der Waals surface area contributed by atoms with Crippen molar-refractivity contribution < 1.29 is 101 Å². The van der Waals surface area contributed by atoms with Gasteiger partial charge in [0, 0.05) is 32.7 Å². The van der Waals surface area contributed by atoms with Crippen LogP contribution in [0.5, 0.6) is 0 Å². The minimum Gasteiger partial charge on any atom is -1.00 e. The standard InChI is InChI=1S/CH2O3.K.Y.H/c2-1(3)4;;;/h(H2,2,3,4);;;/q;+1;;-1. The molecule has 6 heavy (non-hydrogen) atoms. The van der Waals surface area contributed by atoms with Gasteiger partial charge in [-0.05, 0) is 0 Å². The van der Waals surface area contributed by atoms with Crippen LogP contribution in [0.15, 0.2) is 0 Å². The second-order valence-electron chi connectivity index (χ2n) is 0.283. The second-order valence-corrected chi connectivity index (χ2v) is 0.283. The van der Waals surface area contributed by atoms with Crippen LogP contribution in [-0.2, 0) is 32.7 Å². The van der Waals surface area contributed by atoms with E-state index in [0.717, 1.165) is 0 Å². The minimum absolute atomic E-state index is 0. The first-order chi connectivity index (χ1) is 1.73. The molecule has 0 aromatic carbocycles. The quantitative estimate of drug-likeness (QED) is 0.411. The summed E-state index contributed by atoms with van der Waals surface area (Å²) < 4.78 is 0. The van der Waals surface area contributed by atoms with E-state index in [4.69, 9.17) is 15.0 Å². The van der Waals surface area contributed by atoms with Gasteiger partial charge in [-0.3, -0.25) is 0 Å². The third-order valence-corrected chi connectivity index (χ3v) is 0. The van der Waals surface area contributed by atoms with E-state index in [1.54, 1.807) is 0 Å². The van der Waals surface area contributed by atoms with Crippen LogP contribution in [0.1, 0.15) is 1.43 Å². The number of carboxylic acid groups (broad SMARTS) is 2. The molecule has 0 aromatic rings. The summed E-state index contributed by atoms with van der Waals surface area (Å²) in [5.41, 5.74) is 0. The van der Waals surface area contributed by atoms with Crippen molar-refractivity contribution in [3.63, 3.8) is 0 Å². The number of carbonyl (C=O) groups is 1. The summed E-state index contributed by atoms with van der Waals surface area (Å²) >= 11 is 0. The molecule has 0 amide bonds. The summed E-state index contributed by atoms with van der Waals surface area (Å²) in [5.74, 6) is 0. The predicted octanol–water partition coefficient (Wildman–Crippen LogP) is -2.66. The van der Waals surface area contributed by atoms with Crippen LogP contribution in [-0.4, -0.2) is 16.4 Å². The molecule has 0 fully saturated rings. The molecule has 0 saturated carbocycles. The minimum atomic E-state index is -1.83. The Hall–Kier alpha value is 2.01. The maximum atomic E-state index is 8.56. The van der Waals surface area contributed by atoms with Crippen molar-refractivity contribution in [2.75, 3.05) is 0 Å². The molecule has 29 valence electrons. The number of hydrogen-bond acceptors (Lipinski definition) is 1. The molecule has 2 N–H and O–H groups in total. The fourth-order valence-corrected chi connectivity index (χ4v) is 0. The maximum Gasteiger partial charge on any atom is 1.00 e. The molecule has 0 spiro atoms. The zero-order chi connectivity index (χ0) is 3.58. The molecule has 0 bridgehead atoms. The van der Waals surface area contributed by atoms with Gasteiger partial charge in [0.1, 0.15) is 0 Å². The topological polar surface area (TPSA) is 57.5 Å². The van der Waals surface area contributed by atoms with E-state index in [1.165, 1.54) is 0 Å². The van der Waals surface area contributed by atoms with E-state index in [1.807, 2.05) is 0 Å². The fraction of sp³-hybridized carbons (Fsp3) is 0. The molecule has 0 rings (SSSR count). The van der Waals surface area contributed by atoms with Gasteiger partial charge in [-0.2, -0.15) is 0 Å². The largest absolute Gasteiger partial charge is 1.00 e. The van der Waals surface area contributed by atoms with Gasteiger partial charge < -0.3 is 11.6 Å². The van der Waals surface area contributed by atoms with E-state index >= 15 is 0 Å². The summed E-state index contributed by atoms with van der Waals surface area (Å²) in [4.78, 5) is 8.56. The normalized spacial score (nSPS) is 4.00. The second kappa shape index (κ2) is 10.1. The van der Waals surface area contributed by atoms with Crippen LogP contribution in [0, 0.1) is 0 Å². The van der Waals surface area contributed by atoms with Gasteiger partial charge in [0.15, 0.2) is 0 Å².